The second kappa shape index (κ2) is 4.17. The van der Waals surface area contributed by atoms with Crippen molar-refractivity contribution < 1.29 is 15.0 Å². The highest BCUT2D eigenvalue weighted by molar-refractivity contribution is 5.95. The first kappa shape index (κ1) is 13.8. The molecule has 1 fully saturated rings. The average Bonchev–Trinajstić information content (AvgIpc) is 2.23. The van der Waals surface area contributed by atoms with Gasteiger partial charge in [-0.15, -0.1) is 0 Å². The SMILES string of the molecule is CC1=CC(=O)[C@H]2C(C)(C)[C@@H](O)CC[C@@]2(C)[C@@H]1CO. The fourth-order valence-electron chi connectivity index (χ4n) is 4.35. The van der Waals surface area contributed by atoms with E-state index >= 15 is 0 Å². The number of carbonyl (C=O) groups is 1. The molecule has 2 aliphatic carbocycles. The van der Waals surface area contributed by atoms with Crippen LogP contribution in [0.25, 0.3) is 0 Å². The number of hydrogen-bond donors (Lipinski definition) is 2. The van der Waals surface area contributed by atoms with Crippen molar-refractivity contribution >= 4 is 5.78 Å². The Morgan fingerprint density at radius 3 is 2.56 bits per heavy atom. The van der Waals surface area contributed by atoms with Gasteiger partial charge in [0, 0.05) is 17.3 Å². The topological polar surface area (TPSA) is 57.5 Å². The van der Waals surface area contributed by atoms with Crippen molar-refractivity contribution in [2.75, 3.05) is 6.61 Å². The maximum absolute atomic E-state index is 12.4. The molecule has 2 rings (SSSR count). The summed E-state index contributed by atoms with van der Waals surface area (Å²) in [6.07, 6.45) is 2.74. The quantitative estimate of drug-likeness (QED) is 0.749. The number of aliphatic hydroxyl groups is 2. The summed E-state index contributed by atoms with van der Waals surface area (Å²) in [4.78, 5) is 12.4. The Balaban J connectivity index is 2.53. The zero-order valence-electron chi connectivity index (χ0n) is 11.7. The molecule has 4 atom stereocenters. The highest BCUT2D eigenvalue weighted by Gasteiger charge is 2.58. The van der Waals surface area contributed by atoms with Crippen LogP contribution in [0.2, 0.25) is 0 Å². The number of hydrogen-bond acceptors (Lipinski definition) is 3. The van der Waals surface area contributed by atoms with Crippen LogP contribution in [0.3, 0.4) is 0 Å². The summed E-state index contributed by atoms with van der Waals surface area (Å²) >= 11 is 0. The molecule has 0 spiro atoms. The minimum absolute atomic E-state index is 0.0342. The predicted octanol–water partition coefficient (Wildman–Crippen LogP) is 1.93. The third-order valence-corrected chi connectivity index (χ3v) is 5.40. The summed E-state index contributed by atoms with van der Waals surface area (Å²) in [5, 5.41) is 19.9. The van der Waals surface area contributed by atoms with Crippen molar-refractivity contribution in [2.24, 2.45) is 22.7 Å². The monoisotopic (exact) mass is 252 g/mol. The van der Waals surface area contributed by atoms with E-state index in [0.29, 0.717) is 6.42 Å². The number of rotatable bonds is 1. The van der Waals surface area contributed by atoms with Crippen LogP contribution in [0.5, 0.6) is 0 Å². The fourth-order valence-corrected chi connectivity index (χ4v) is 4.35. The van der Waals surface area contributed by atoms with Crippen LogP contribution < -0.4 is 0 Å². The number of ketones is 1. The first-order chi connectivity index (χ1) is 8.25. The fraction of sp³-hybridized carbons (Fsp3) is 0.800. The molecule has 1 saturated carbocycles. The number of aliphatic hydroxyl groups excluding tert-OH is 2. The van der Waals surface area contributed by atoms with Crippen LogP contribution in [-0.2, 0) is 4.79 Å². The summed E-state index contributed by atoms with van der Waals surface area (Å²) in [5.41, 5.74) is 0.329. The molecule has 2 aliphatic rings. The summed E-state index contributed by atoms with van der Waals surface area (Å²) in [6, 6.07) is 0. The van der Waals surface area contributed by atoms with E-state index in [0.717, 1.165) is 12.0 Å². The third-order valence-electron chi connectivity index (χ3n) is 5.40. The van der Waals surface area contributed by atoms with Gasteiger partial charge in [0.2, 0.25) is 0 Å². The van der Waals surface area contributed by atoms with Crippen LogP contribution in [0, 0.1) is 22.7 Å². The minimum Gasteiger partial charge on any atom is -0.396 e. The standard InChI is InChI=1S/C15H24O3/c1-9-7-11(17)13-14(2,3)12(18)5-6-15(13,4)10(9)8-16/h7,10,12-13,16,18H,5-6,8H2,1-4H3/t10-,12+,13+,15+/m1/s1. The Kier molecular flexibility index (Phi) is 3.19. The second-order valence-electron chi connectivity index (χ2n) is 6.84. The molecule has 2 N–H and O–H groups in total. The van der Waals surface area contributed by atoms with E-state index < -0.39 is 11.5 Å². The minimum atomic E-state index is -0.439. The molecular weight excluding hydrogens is 228 g/mol. The van der Waals surface area contributed by atoms with E-state index in [2.05, 4.69) is 6.92 Å². The van der Waals surface area contributed by atoms with E-state index in [1.54, 1.807) is 6.08 Å². The molecule has 0 aliphatic heterocycles. The van der Waals surface area contributed by atoms with Crippen molar-refractivity contribution in [3.8, 4) is 0 Å². The van der Waals surface area contributed by atoms with Crippen molar-refractivity contribution in [3.63, 3.8) is 0 Å². The molecular formula is C15H24O3. The maximum atomic E-state index is 12.4. The Bertz CT molecular complexity index is 397. The van der Waals surface area contributed by atoms with Gasteiger partial charge in [-0.25, -0.2) is 0 Å². The highest BCUT2D eigenvalue weighted by Crippen LogP contribution is 2.58. The summed E-state index contributed by atoms with van der Waals surface area (Å²) in [7, 11) is 0. The van der Waals surface area contributed by atoms with Gasteiger partial charge in [0.15, 0.2) is 5.78 Å². The Morgan fingerprint density at radius 1 is 1.39 bits per heavy atom. The second-order valence-corrected chi connectivity index (χ2v) is 6.84. The van der Waals surface area contributed by atoms with Gasteiger partial charge in [0.1, 0.15) is 0 Å². The predicted molar refractivity (Wildman–Crippen MR) is 70.0 cm³/mol. The van der Waals surface area contributed by atoms with Crippen LogP contribution >= 0.6 is 0 Å². The van der Waals surface area contributed by atoms with E-state index in [-0.39, 0.29) is 29.6 Å². The van der Waals surface area contributed by atoms with Gasteiger partial charge in [-0.1, -0.05) is 26.3 Å². The maximum Gasteiger partial charge on any atom is 0.159 e. The molecule has 102 valence electrons. The van der Waals surface area contributed by atoms with Gasteiger partial charge in [0.05, 0.1) is 12.7 Å². The van der Waals surface area contributed by atoms with Crippen molar-refractivity contribution in [1.82, 2.24) is 0 Å². The molecule has 0 amide bonds. The molecule has 0 aromatic rings. The van der Waals surface area contributed by atoms with Crippen molar-refractivity contribution in [1.29, 1.82) is 0 Å². The van der Waals surface area contributed by atoms with Crippen LogP contribution in [0.15, 0.2) is 11.6 Å². The molecule has 0 bridgehead atoms. The molecule has 3 nitrogen and oxygen atoms in total. The largest absolute Gasteiger partial charge is 0.396 e. The summed E-state index contributed by atoms with van der Waals surface area (Å²) in [5.74, 6) is -0.0509. The molecule has 0 aromatic carbocycles. The summed E-state index contributed by atoms with van der Waals surface area (Å²) in [6.45, 7) is 8.05. The lowest BCUT2D eigenvalue weighted by molar-refractivity contribution is -0.153. The van der Waals surface area contributed by atoms with E-state index in [4.69, 9.17) is 0 Å². The lowest BCUT2D eigenvalue weighted by atomic mass is 9.47. The molecule has 0 heterocycles. The van der Waals surface area contributed by atoms with E-state index in [1.165, 1.54) is 0 Å². The molecule has 0 aromatic heterocycles. The molecule has 3 heteroatoms. The van der Waals surface area contributed by atoms with Crippen LogP contribution in [0.1, 0.15) is 40.5 Å². The van der Waals surface area contributed by atoms with Gasteiger partial charge in [0.25, 0.3) is 0 Å². The molecule has 0 unspecified atom stereocenters. The summed E-state index contributed by atoms with van der Waals surface area (Å²) < 4.78 is 0. The van der Waals surface area contributed by atoms with Gasteiger partial charge in [-0.05, 0) is 31.3 Å². The van der Waals surface area contributed by atoms with Crippen molar-refractivity contribution in [3.05, 3.63) is 11.6 Å². The van der Waals surface area contributed by atoms with Crippen LogP contribution in [-0.4, -0.2) is 28.7 Å². The van der Waals surface area contributed by atoms with Crippen LogP contribution in [0.4, 0.5) is 0 Å². The molecule has 0 radical (unpaired) electrons. The lowest BCUT2D eigenvalue weighted by Gasteiger charge is -2.56. The zero-order chi connectivity index (χ0) is 13.7. The van der Waals surface area contributed by atoms with Gasteiger partial charge in [-0.3, -0.25) is 4.79 Å². The highest BCUT2D eigenvalue weighted by atomic mass is 16.3. The zero-order valence-corrected chi connectivity index (χ0v) is 11.7. The van der Waals surface area contributed by atoms with Gasteiger partial charge in [-0.2, -0.15) is 0 Å². The van der Waals surface area contributed by atoms with E-state index in [1.807, 2.05) is 20.8 Å². The smallest absolute Gasteiger partial charge is 0.159 e. The first-order valence-corrected chi connectivity index (χ1v) is 6.76. The molecule has 0 saturated heterocycles. The van der Waals surface area contributed by atoms with Gasteiger partial charge < -0.3 is 10.2 Å². The normalized spacial score (nSPS) is 43.3. The Morgan fingerprint density at radius 2 is 2.00 bits per heavy atom. The number of fused-ring (bicyclic) bond motifs is 1. The molecule has 18 heavy (non-hydrogen) atoms. The average molecular weight is 252 g/mol. The number of carbonyl (C=O) groups excluding carboxylic acids is 1. The lowest BCUT2D eigenvalue weighted by Crippen LogP contribution is -2.57. The third kappa shape index (κ3) is 1.68. The Labute approximate surface area is 109 Å². The first-order valence-electron chi connectivity index (χ1n) is 6.76. The van der Waals surface area contributed by atoms with E-state index in [9.17, 15) is 15.0 Å². The van der Waals surface area contributed by atoms with Gasteiger partial charge >= 0.3 is 0 Å². The van der Waals surface area contributed by atoms with Crippen molar-refractivity contribution in [2.45, 2.75) is 46.6 Å². The Hall–Kier alpha value is -0.670. The number of allylic oxidation sites excluding steroid dienone is 1.